The van der Waals surface area contributed by atoms with E-state index in [0.717, 1.165) is 30.1 Å². The van der Waals surface area contributed by atoms with Gasteiger partial charge in [-0.2, -0.15) is 5.10 Å². The number of fused-ring (bicyclic) bond motifs is 1. The van der Waals surface area contributed by atoms with E-state index >= 15 is 0 Å². The lowest BCUT2D eigenvalue weighted by molar-refractivity contribution is 0.228. The highest BCUT2D eigenvalue weighted by molar-refractivity contribution is 7.98. The van der Waals surface area contributed by atoms with Crippen molar-refractivity contribution in [1.82, 2.24) is 25.4 Å². The minimum absolute atomic E-state index is 0.0404. The molecule has 0 spiro atoms. The van der Waals surface area contributed by atoms with Crippen molar-refractivity contribution in [1.29, 1.82) is 0 Å². The maximum atomic E-state index is 12.3. The third kappa shape index (κ3) is 3.72. The Hall–Kier alpha value is -2.02. The molecule has 0 radical (unpaired) electrons. The lowest BCUT2D eigenvalue weighted by Crippen LogP contribution is -2.46. The first-order valence-corrected chi connectivity index (χ1v) is 9.39. The number of aromatic nitrogens is 3. The summed E-state index contributed by atoms with van der Waals surface area (Å²) < 4.78 is 1.90. The van der Waals surface area contributed by atoms with Crippen LogP contribution in [0, 0.1) is 6.92 Å². The lowest BCUT2D eigenvalue weighted by atomic mass is 10.1. The van der Waals surface area contributed by atoms with Crippen LogP contribution in [0.2, 0.25) is 0 Å². The zero-order valence-electron chi connectivity index (χ0n) is 14.2. The second-order valence-electron chi connectivity index (χ2n) is 6.07. The quantitative estimate of drug-likeness (QED) is 0.836. The molecule has 1 aromatic heterocycles. The van der Waals surface area contributed by atoms with Crippen molar-refractivity contribution >= 4 is 17.8 Å². The van der Waals surface area contributed by atoms with Gasteiger partial charge in [-0.05, 0) is 38.2 Å². The van der Waals surface area contributed by atoms with Crippen LogP contribution in [0.15, 0.2) is 29.2 Å². The fraction of sp³-hybridized carbons (Fsp3) is 0.471. The zero-order valence-corrected chi connectivity index (χ0v) is 15.1. The van der Waals surface area contributed by atoms with Crippen molar-refractivity contribution in [3.63, 3.8) is 0 Å². The molecule has 0 aliphatic carbocycles. The van der Waals surface area contributed by atoms with E-state index in [4.69, 9.17) is 0 Å². The predicted molar refractivity (Wildman–Crippen MR) is 95.2 cm³/mol. The molecule has 3 rings (SSSR count). The Bertz CT molecular complexity index is 730. The number of benzene rings is 1. The van der Waals surface area contributed by atoms with Crippen LogP contribution in [0.3, 0.4) is 0 Å². The van der Waals surface area contributed by atoms with Gasteiger partial charge in [-0.3, -0.25) is 0 Å². The summed E-state index contributed by atoms with van der Waals surface area (Å²) in [5, 5.41) is 10.5. The highest BCUT2D eigenvalue weighted by Crippen LogP contribution is 2.25. The molecule has 1 aromatic carbocycles. The van der Waals surface area contributed by atoms with E-state index in [0.29, 0.717) is 6.54 Å². The van der Waals surface area contributed by atoms with Gasteiger partial charge in [0.1, 0.15) is 11.6 Å². The first kappa shape index (κ1) is 16.8. The molecule has 2 heterocycles. The molecule has 24 heavy (non-hydrogen) atoms. The first-order valence-electron chi connectivity index (χ1n) is 8.17. The molecule has 0 fully saturated rings. The topological polar surface area (TPSA) is 71.8 Å². The molecule has 6 nitrogen and oxygen atoms in total. The van der Waals surface area contributed by atoms with Crippen LogP contribution in [0.25, 0.3) is 0 Å². The Kier molecular flexibility index (Phi) is 5.08. The molecular weight excluding hydrogens is 322 g/mol. The number of carbonyl (C=O) groups is 1. The number of urea groups is 1. The Morgan fingerprint density at radius 3 is 3.00 bits per heavy atom. The maximum Gasteiger partial charge on any atom is 0.315 e. The summed E-state index contributed by atoms with van der Waals surface area (Å²) in [4.78, 5) is 17.9. The van der Waals surface area contributed by atoms with Crippen LogP contribution >= 0.6 is 11.8 Å². The zero-order chi connectivity index (χ0) is 17.1. The van der Waals surface area contributed by atoms with Gasteiger partial charge >= 0.3 is 6.03 Å². The Morgan fingerprint density at radius 2 is 2.21 bits per heavy atom. The van der Waals surface area contributed by atoms with Gasteiger partial charge in [0.25, 0.3) is 0 Å². The molecular formula is C17H23N5OS. The normalized spacial score (nSPS) is 17.9. The molecule has 1 unspecified atom stereocenters. The van der Waals surface area contributed by atoms with Gasteiger partial charge in [-0.25, -0.2) is 14.5 Å². The van der Waals surface area contributed by atoms with Gasteiger partial charge in [0.05, 0.1) is 18.6 Å². The molecule has 2 N–H and O–H groups in total. The molecule has 1 aliphatic rings. The molecule has 2 atom stereocenters. The van der Waals surface area contributed by atoms with Gasteiger partial charge in [-0.15, -0.1) is 11.8 Å². The number of hydrogen-bond acceptors (Lipinski definition) is 4. The molecule has 7 heteroatoms. The monoisotopic (exact) mass is 345 g/mol. The van der Waals surface area contributed by atoms with Crippen molar-refractivity contribution in [3.8, 4) is 0 Å². The molecule has 128 valence electrons. The Balaban J connectivity index is 1.58. The number of nitrogens with one attached hydrogen (secondary N) is 2. The fourth-order valence-electron chi connectivity index (χ4n) is 3.08. The van der Waals surface area contributed by atoms with E-state index in [1.165, 1.54) is 4.90 Å². The molecule has 2 amide bonds. The SMILES string of the molecule is CSc1ccccc1[C@@H](C)NC(=O)NC1CCc2nc(C)nn2C1. The lowest BCUT2D eigenvalue weighted by Gasteiger charge is -2.25. The van der Waals surface area contributed by atoms with Crippen LogP contribution in [0.4, 0.5) is 4.79 Å². The van der Waals surface area contributed by atoms with Gasteiger partial charge < -0.3 is 10.6 Å². The van der Waals surface area contributed by atoms with Crippen LogP contribution in [0.5, 0.6) is 0 Å². The predicted octanol–water partition coefficient (Wildman–Crippen LogP) is 2.68. The summed E-state index contributed by atoms with van der Waals surface area (Å²) in [7, 11) is 0. The van der Waals surface area contributed by atoms with Crippen molar-refractivity contribution < 1.29 is 4.79 Å². The smallest absolute Gasteiger partial charge is 0.315 e. The van der Waals surface area contributed by atoms with E-state index in [2.05, 4.69) is 32.8 Å². The van der Waals surface area contributed by atoms with Gasteiger partial charge in [0.15, 0.2) is 0 Å². The van der Waals surface area contributed by atoms with Crippen molar-refractivity contribution in [2.45, 2.75) is 50.2 Å². The van der Waals surface area contributed by atoms with Crippen molar-refractivity contribution in [2.24, 2.45) is 0 Å². The largest absolute Gasteiger partial charge is 0.334 e. The van der Waals surface area contributed by atoms with Crippen molar-refractivity contribution in [2.75, 3.05) is 6.26 Å². The number of carbonyl (C=O) groups excluding carboxylic acids is 1. The van der Waals surface area contributed by atoms with Crippen LogP contribution in [-0.4, -0.2) is 33.1 Å². The second kappa shape index (κ2) is 7.25. The summed E-state index contributed by atoms with van der Waals surface area (Å²) in [6.45, 7) is 4.58. The minimum atomic E-state index is -0.135. The van der Waals surface area contributed by atoms with Crippen LogP contribution in [0.1, 0.15) is 36.6 Å². The Morgan fingerprint density at radius 1 is 1.42 bits per heavy atom. The van der Waals surface area contributed by atoms with E-state index in [1.54, 1.807) is 11.8 Å². The average Bonchev–Trinajstić information content (AvgIpc) is 2.93. The van der Waals surface area contributed by atoms with Crippen molar-refractivity contribution in [3.05, 3.63) is 41.5 Å². The van der Waals surface area contributed by atoms with E-state index in [1.807, 2.05) is 36.9 Å². The molecule has 0 saturated heterocycles. The summed E-state index contributed by atoms with van der Waals surface area (Å²) >= 11 is 1.69. The van der Waals surface area contributed by atoms with Crippen LogP contribution < -0.4 is 10.6 Å². The van der Waals surface area contributed by atoms with Crippen LogP contribution in [-0.2, 0) is 13.0 Å². The first-order chi connectivity index (χ1) is 11.6. The Labute approximate surface area is 146 Å². The summed E-state index contributed by atoms with van der Waals surface area (Å²) in [6, 6.07) is 8.06. The second-order valence-corrected chi connectivity index (χ2v) is 6.92. The minimum Gasteiger partial charge on any atom is -0.334 e. The number of nitrogens with zero attached hydrogens (tertiary/aromatic N) is 3. The average molecular weight is 345 g/mol. The molecule has 0 bridgehead atoms. The highest BCUT2D eigenvalue weighted by Gasteiger charge is 2.23. The molecule has 2 aromatic rings. The fourth-order valence-corrected chi connectivity index (χ4v) is 3.77. The van der Waals surface area contributed by atoms with Gasteiger partial charge in [0, 0.05) is 11.3 Å². The third-order valence-corrected chi connectivity index (χ3v) is 5.06. The number of aryl methyl sites for hydroxylation is 2. The summed E-state index contributed by atoms with van der Waals surface area (Å²) in [6.07, 6.45) is 3.78. The summed E-state index contributed by atoms with van der Waals surface area (Å²) in [5.74, 6) is 1.80. The number of thioether (sulfide) groups is 1. The third-order valence-electron chi connectivity index (χ3n) is 4.25. The molecule has 1 aliphatic heterocycles. The van der Waals surface area contributed by atoms with Gasteiger partial charge in [-0.1, -0.05) is 18.2 Å². The maximum absolute atomic E-state index is 12.3. The van der Waals surface area contributed by atoms with E-state index in [9.17, 15) is 4.79 Å². The van der Waals surface area contributed by atoms with E-state index in [-0.39, 0.29) is 18.1 Å². The van der Waals surface area contributed by atoms with Gasteiger partial charge in [0.2, 0.25) is 0 Å². The highest BCUT2D eigenvalue weighted by atomic mass is 32.2. The van der Waals surface area contributed by atoms with E-state index < -0.39 is 0 Å². The molecule has 0 saturated carbocycles. The number of amides is 2. The number of hydrogen-bond donors (Lipinski definition) is 2. The summed E-state index contributed by atoms with van der Waals surface area (Å²) in [5.41, 5.74) is 1.14. The standard InChI is InChI=1S/C17H23N5OS/c1-11(14-6-4-5-7-15(14)24-3)18-17(23)20-13-8-9-16-19-12(2)21-22(16)10-13/h4-7,11,13H,8-10H2,1-3H3,(H2,18,20,23)/t11-,13?/m1/s1. The number of rotatable bonds is 4.